The van der Waals surface area contributed by atoms with Gasteiger partial charge in [0.15, 0.2) is 0 Å². The second-order valence-electron chi connectivity index (χ2n) is 4.72. The number of halogens is 1. The predicted octanol–water partition coefficient (Wildman–Crippen LogP) is 2.99. The van der Waals surface area contributed by atoms with Gasteiger partial charge < -0.3 is 14.8 Å². The van der Waals surface area contributed by atoms with Gasteiger partial charge in [-0.15, -0.1) is 0 Å². The molecule has 0 unspecified atom stereocenters. The predicted molar refractivity (Wildman–Crippen MR) is 76.1 cm³/mol. The zero-order valence-electron chi connectivity index (χ0n) is 10.7. The van der Waals surface area contributed by atoms with Crippen molar-refractivity contribution in [3.8, 4) is 5.75 Å². The summed E-state index contributed by atoms with van der Waals surface area (Å²) in [6.07, 6.45) is 3.62. The molecule has 0 amide bonds. The maximum absolute atomic E-state index is 5.65. The Labute approximate surface area is 117 Å². The molecular formula is C14H20BrNO2. The van der Waals surface area contributed by atoms with Gasteiger partial charge in [0.2, 0.25) is 0 Å². The lowest BCUT2D eigenvalue weighted by atomic mass is 9.80. The molecule has 0 bridgehead atoms. The van der Waals surface area contributed by atoms with Gasteiger partial charge in [-0.3, -0.25) is 0 Å². The van der Waals surface area contributed by atoms with Crippen LogP contribution < -0.4 is 10.1 Å². The van der Waals surface area contributed by atoms with Crippen molar-refractivity contribution in [1.82, 2.24) is 5.32 Å². The number of hydrogen-bond acceptors (Lipinski definition) is 3. The third kappa shape index (κ3) is 3.70. The van der Waals surface area contributed by atoms with Gasteiger partial charge in [0, 0.05) is 24.7 Å². The van der Waals surface area contributed by atoms with Crippen molar-refractivity contribution in [3.63, 3.8) is 0 Å². The van der Waals surface area contributed by atoms with E-state index >= 15 is 0 Å². The lowest BCUT2D eigenvalue weighted by molar-refractivity contribution is -0.0694. The quantitative estimate of drug-likeness (QED) is 0.785. The standard InChI is InChI=1S/C14H20BrNO2/c1-17-14(6-3-7-14)11-16-8-9-18-13-5-2-4-12(15)10-13/h2,4-5,10,16H,3,6-9,11H2,1H3. The summed E-state index contributed by atoms with van der Waals surface area (Å²) in [5.41, 5.74) is 0.0930. The van der Waals surface area contributed by atoms with Gasteiger partial charge in [0.25, 0.3) is 0 Å². The van der Waals surface area contributed by atoms with Crippen molar-refractivity contribution < 1.29 is 9.47 Å². The van der Waals surface area contributed by atoms with Crippen LogP contribution in [0.5, 0.6) is 5.75 Å². The molecule has 1 saturated carbocycles. The Balaban J connectivity index is 1.61. The topological polar surface area (TPSA) is 30.5 Å². The second kappa shape index (κ2) is 6.55. The molecule has 1 N–H and O–H groups in total. The smallest absolute Gasteiger partial charge is 0.120 e. The number of benzene rings is 1. The van der Waals surface area contributed by atoms with Crippen LogP contribution in [0.3, 0.4) is 0 Å². The number of nitrogens with one attached hydrogen (secondary N) is 1. The molecule has 0 aromatic heterocycles. The van der Waals surface area contributed by atoms with Gasteiger partial charge in [-0.05, 0) is 37.5 Å². The van der Waals surface area contributed by atoms with Crippen molar-refractivity contribution in [2.75, 3.05) is 26.8 Å². The molecule has 1 aromatic rings. The van der Waals surface area contributed by atoms with Crippen molar-refractivity contribution in [2.24, 2.45) is 0 Å². The molecule has 4 heteroatoms. The van der Waals surface area contributed by atoms with Crippen LogP contribution in [0.4, 0.5) is 0 Å². The molecule has 1 aliphatic rings. The summed E-state index contributed by atoms with van der Waals surface area (Å²) < 4.78 is 12.2. The van der Waals surface area contributed by atoms with Crippen LogP contribution in [-0.2, 0) is 4.74 Å². The lowest BCUT2D eigenvalue weighted by Gasteiger charge is -2.40. The molecule has 0 aliphatic heterocycles. The monoisotopic (exact) mass is 313 g/mol. The third-order valence-corrected chi connectivity index (χ3v) is 3.98. The van der Waals surface area contributed by atoms with E-state index in [1.54, 1.807) is 7.11 Å². The van der Waals surface area contributed by atoms with Crippen LogP contribution in [0, 0.1) is 0 Å². The van der Waals surface area contributed by atoms with Crippen LogP contribution in [0.15, 0.2) is 28.7 Å². The highest BCUT2D eigenvalue weighted by Crippen LogP contribution is 2.34. The van der Waals surface area contributed by atoms with E-state index in [2.05, 4.69) is 21.2 Å². The molecule has 0 spiro atoms. The first-order valence-electron chi connectivity index (χ1n) is 6.38. The van der Waals surface area contributed by atoms with Crippen LogP contribution >= 0.6 is 15.9 Å². The first kappa shape index (κ1) is 13.8. The molecule has 0 heterocycles. The Morgan fingerprint density at radius 3 is 2.83 bits per heavy atom. The molecule has 0 saturated heterocycles. The number of methoxy groups -OCH3 is 1. The average molecular weight is 314 g/mol. The minimum atomic E-state index is 0.0930. The summed E-state index contributed by atoms with van der Waals surface area (Å²) in [4.78, 5) is 0. The molecule has 18 heavy (non-hydrogen) atoms. The molecular weight excluding hydrogens is 294 g/mol. The highest BCUT2D eigenvalue weighted by Gasteiger charge is 2.36. The van der Waals surface area contributed by atoms with Crippen molar-refractivity contribution in [2.45, 2.75) is 24.9 Å². The lowest BCUT2D eigenvalue weighted by Crippen LogP contribution is -2.48. The third-order valence-electron chi connectivity index (χ3n) is 3.49. The fourth-order valence-corrected chi connectivity index (χ4v) is 2.52. The fraction of sp³-hybridized carbons (Fsp3) is 0.571. The summed E-state index contributed by atoms with van der Waals surface area (Å²) in [5, 5.41) is 3.40. The largest absolute Gasteiger partial charge is 0.492 e. The van der Waals surface area contributed by atoms with E-state index in [1.165, 1.54) is 19.3 Å². The Morgan fingerprint density at radius 1 is 1.39 bits per heavy atom. The summed E-state index contributed by atoms with van der Waals surface area (Å²) in [6.45, 7) is 2.44. The SMILES string of the molecule is COC1(CNCCOc2cccc(Br)c2)CCC1. The Bertz CT molecular complexity index is 374. The van der Waals surface area contributed by atoms with Gasteiger partial charge in [0.05, 0.1) is 5.60 Å². The van der Waals surface area contributed by atoms with Gasteiger partial charge in [-0.2, -0.15) is 0 Å². The maximum Gasteiger partial charge on any atom is 0.120 e. The van der Waals surface area contributed by atoms with Gasteiger partial charge in [0.1, 0.15) is 12.4 Å². The summed E-state index contributed by atoms with van der Waals surface area (Å²) in [5.74, 6) is 0.899. The Hall–Kier alpha value is -0.580. The normalized spacial score (nSPS) is 17.2. The first-order chi connectivity index (χ1) is 8.74. The second-order valence-corrected chi connectivity index (χ2v) is 5.64. The molecule has 1 aliphatic carbocycles. The maximum atomic E-state index is 5.65. The van der Waals surface area contributed by atoms with E-state index in [9.17, 15) is 0 Å². The fourth-order valence-electron chi connectivity index (χ4n) is 2.14. The van der Waals surface area contributed by atoms with Crippen molar-refractivity contribution >= 4 is 15.9 Å². The van der Waals surface area contributed by atoms with Crippen LogP contribution in [0.1, 0.15) is 19.3 Å². The first-order valence-corrected chi connectivity index (χ1v) is 7.18. The number of ether oxygens (including phenoxy) is 2. The van der Waals surface area contributed by atoms with E-state index < -0.39 is 0 Å². The minimum Gasteiger partial charge on any atom is -0.492 e. The van der Waals surface area contributed by atoms with Crippen molar-refractivity contribution in [1.29, 1.82) is 0 Å². The summed E-state index contributed by atoms with van der Waals surface area (Å²) >= 11 is 3.43. The average Bonchev–Trinajstić information content (AvgIpc) is 2.32. The van der Waals surface area contributed by atoms with Gasteiger partial charge >= 0.3 is 0 Å². The van der Waals surface area contributed by atoms with E-state index in [-0.39, 0.29) is 5.60 Å². The highest BCUT2D eigenvalue weighted by atomic mass is 79.9. The van der Waals surface area contributed by atoms with Crippen LogP contribution in [-0.4, -0.2) is 32.4 Å². The Kier molecular flexibility index (Phi) is 5.03. The molecule has 2 rings (SSSR count). The van der Waals surface area contributed by atoms with Crippen molar-refractivity contribution in [3.05, 3.63) is 28.7 Å². The molecule has 3 nitrogen and oxygen atoms in total. The van der Waals surface area contributed by atoms with E-state index in [0.717, 1.165) is 23.3 Å². The minimum absolute atomic E-state index is 0.0930. The van der Waals surface area contributed by atoms with E-state index in [1.807, 2.05) is 24.3 Å². The number of rotatable bonds is 7. The molecule has 1 aromatic carbocycles. The van der Waals surface area contributed by atoms with Crippen LogP contribution in [0.2, 0.25) is 0 Å². The van der Waals surface area contributed by atoms with Gasteiger partial charge in [-0.1, -0.05) is 22.0 Å². The highest BCUT2D eigenvalue weighted by molar-refractivity contribution is 9.10. The number of hydrogen-bond donors (Lipinski definition) is 1. The summed E-state index contributed by atoms with van der Waals surface area (Å²) in [6, 6.07) is 7.90. The van der Waals surface area contributed by atoms with Gasteiger partial charge in [-0.25, -0.2) is 0 Å². The summed E-state index contributed by atoms with van der Waals surface area (Å²) in [7, 11) is 1.80. The van der Waals surface area contributed by atoms with E-state index in [0.29, 0.717) is 6.61 Å². The van der Waals surface area contributed by atoms with E-state index in [4.69, 9.17) is 9.47 Å². The molecule has 0 atom stereocenters. The molecule has 1 fully saturated rings. The molecule has 100 valence electrons. The van der Waals surface area contributed by atoms with Crippen LogP contribution in [0.25, 0.3) is 0 Å². The zero-order chi connectivity index (χ0) is 12.8. The molecule has 0 radical (unpaired) electrons. The Morgan fingerprint density at radius 2 is 2.22 bits per heavy atom. The zero-order valence-corrected chi connectivity index (χ0v) is 12.3.